The van der Waals surface area contributed by atoms with E-state index in [4.69, 9.17) is 10.5 Å². The van der Waals surface area contributed by atoms with Crippen molar-refractivity contribution in [1.29, 1.82) is 0 Å². The molecule has 0 unspecified atom stereocenters. The largest absolute Gasteiger partial charge is 0.493 e. The molecule has 0 amide bonds. The molecule has 50 valence electrons. The summed E-state index contributed by atoms with van der Waals surface area (Å²) in [6.07, 6.45) is 3.20. The van der Waals surface area contributed by atoms with E-state index in [2.05, 4.69) is 4.98 Å². The van der Waals surface area contributed by atoms with Crippen molar-refractivity contribution in [2.75, 3.05) is 12.8 Å². The maximum absolute atomic E-state index is 5.47. The molecular weight excluding hydrogens is 116 g/mol. The van der Waals surface area contributed by atoms with Crippen LogP contribution in [0.4, 0.5) is 5.69 Å². The van der Waals surface area contributed by atoms with Gasteiger partial charge in [-0.1, -0.05) is 0 Å². The minimum atomic E-state index is 0. The fourth-order valence-electron chi connectivity index (χ4n) is 0.561. The summed E-state index contributed by atoms with van der Waals surface area (Å²) in [5.41, 5.74) is 6.08. The summed E-state index contributed by atoms with van der Waals surface area (Å²) in [7, 11) is 1.56. The molecule has 0 aromatic carbocycles. The number of pyridine rings is 1. The Balaban J connectivity index is 0.000000810. The standard InChI is InChI=1S/C6H8N2O.H2/c1-9-6-4-8-3-2-5(6)7;/h2-4H,1H3,(H2,7,8);1H. The Morgan fingerprint density at radius 3 is 3.00 bits per heavy atom. The lowest BCUT2D eigenvalue weighted by atomic mass is 10.4. The molecule has 1 aromatic heterocycles. The van der Waals surface area contributed by atoms with Crippen molar-refractivity contribution in [3.05, 3.63) is 18.5 Å². The van der Waals surface area contributed by atoms with Gasteiger partial charge in [-0.3, -0.25) is 4.98 Å². The average Bonchev–Trinajstić information content (AvgIpc) is 1.89. The minimum absolute atomic E-state index is 0. The molecule has 1 aromatic rings. The molecular formula is C6H10N2O. The van der Waals surface area contributed by atoms with Gasteiger partial charge >= 0.3 is 0 Å². The second kappa shape index (κ2) is 2.35. The average molecular weight is 126 g/mol. The van der Waals surface area contributed by atoms with Crippen LogP contribution in [0.1, 0.15) is 1.43 Å². The van der Waals surface area contributed by atoms with Gasteiger partial charge in [-0.2, -0.15) is 0 Å². The predicted octanol–water partition coefficient (Wildman–Crippen LogP) is 0.918. The van der Waals surface area contributed by atoms with E-state index in [9.17, 15) is 0 Å². The summed E-state index contributed by atoms with van der Waals surface area (Å²) in [4.78, 5) is 3.81. The molecule has 0 aliphatic heterocycles. The smallest absolute Gasteiger partial charge is 0.159 e. The van der Waals surface area contributed by atoms with Gasteiger partial charge in [-0.15, -0.1) is 0 Å². The molecule has 0 saturated carbocycles. The first-order valence-corrected chi connectivity index (χ1v) is 2.58. The van der Waals surface area contributed by atoms with E-state index in [-0.39, 0.29) is 1.43 Å². The number of rotatable bonds is 1. The van der Waals surface area contributed by atoms with Gasteiger partial charge in [0.25, 0.3) is 0 Å². The van der Waals surface area contributed by atoms with Gasteiger partial charge in [-0.25, -0.2) is 0 Å². The Hall–Kier alpha value is -1.25. The molecule has 0 aliphatic carbocycles. The Kier molecular flexibility index (Phi) is 1.53. The lowest BCUT2D eigenvalue weighted by Crippen LogP contribution is -1.91. The summed E-state index contributed by atoms with van der Waals surface area (Å²) in [6, 6.07) is 1.69. The quantitative estimate of drug-likeness (QED) is 0.608. The first-order chi connectivity index (χ1) is 4.34. The van der Waals surface area contributed by atoms with Crippen LogP contribution in [0.25, 0.3) is 0 Å². The third-order valence-electron chi connectivity index (χ3n) is 1.04. The summed E-state index contributed by atoms with van der Waals surface area (Å²) in [6.45, 7) is 0. The molecule has 3 nitrogen and oxygen atoms in total. The highest BCUT2D eigenvalue weighted by atomic mass is 16.5. The molecule has 0 aliphatic rings. The number of methoxy groups -OCH3 is 1. The number of anilines is 1. The van der Waals surface area contributed by atoms with Crippen LogP contribution in [0, 0.1) is 0 Å². The highest BCUT2D eigenvalue weighted by Gasteiger charge is 1.92. The molecule has 0 atom stereocenters. The van der Waals surface area contributed by atoms with Gasteiger partial charge < -0.3 is 10.5 Å². The molecule has 2 N–H and O–H groups in total. The monoisotopic (exact) mass is 126 g/mol. The highest BCUT2D eigenvalue weighted by Crippen LogP contribution is 2.16. The van der Waals surface area contributed by atoms with E-state index in [0.717, 1.165) is 0 Å². The lowest BCUT2D eigenvalue weighted by Gasteiger charge is -1.99. The van der Waals surface area contributed by atoms with Crippen LogP contribution in [0.2, 0.25) is 0 Å². The van der Waals surface area contributed by atoms with E-state index >= 15 is 0 Å². The number of aromatic nitrogens is 1. The Morgan fingerprint density at radius 2 is 2.56 bits per heavy atom. The van der Waals surface area contributed by atoms with Crippen LogP contribution >= 0.6 is 0 Å². The summed E-state index contributed by atoms with van der Waals surface area (Å²) >= 11 is 0. The molecule has 0 bridgehead atoms. The topological polar surface area (TPSA) is 48.1 Å². The van der Waals surface area contributed by atoms with E-state index in [1.807, 2.05) is 0 Å². The van der Waals surface area contributed by atoms with E-state index in [0.29, 0.717) is 11.4 Å². The normalized spacial score (nSPS) is 9.00. The molecule has 9 heavy (non-hydrogen) atoms. The third kappa shape index (κ3) is 1.10. The Bertz CT molecular complexity index is 205. The van der Waals surface area contributed by atoms with Gasteiger partial charge in [0, 0.05) is 7.62 Å². The number of ether oxygens (including phenoxy) is 1. The number of hydrogen-bond acceptors (Lipinski definition) is 3. The summed E-state index contributed by atoms with van der Waals surface area (Å²) < 4.78 is 4.86. The van der Waals surface area contributed by atoms with Crippen LogP contribution in [0.3, 0.4) is 0 Å². The summed E-state index contributed by atoms with van der Waals surface area (Å²) in [5, 5.41) is 0. The Labute approximate surface area is 55.0 Å². The zero-order valence-electron chi connectivity index (χ0n) is 5.16. The van der Waals surface area contributed by atoms with Crippen molar-refractivity contribution < 1.29 is 6.16 Å². The van der Waals surface area contributed by atoms with Crippen molar-refractivity contribution >= 4 is 5.69 Å². The van der Waals surface area contributed by atoms with Crippen molar-refractivity contribution in [3.8, 4) is 5.75 Å². The highest BCUT2D eigenvalue weighted by molar-refractivity contribution is 5.49. The first-order valence-electron chi connectivity index (χ1n) is 2.58. The van der Waals surface area contributed by atoms with Crippen molar-refractivity contribution in [2.45, 2.75) is 0 Å². The second-order valence-electron chi connectivity index (χ2n) is 1.62. The van der Waals surface area contributed by atoms with Crippen molar-refractivity contribution in [3.63, 3.8) is 0 Å². The number of nitrogen functional groups attached to an aromatic ring is 1. The molecule has 1 rings (SSSR count). The second-order valence-corrected chi connectivity index (χ2v) is 1.62. The zero-order chi connectivity index (χ0) is 6.69. The maximum atomic E-state index is 5.47. The van der Waals surface area contributed by atoms with Crippen LogP contribution in [0.5, 0.6) is 5.75 Å². The fraction of sp³-hybridized carbons (Fsp3) is 0.167. The third-order valence-corrected chi connectivity index (χ3v) is 1.04. The van der Waals surface area contributed by atoms with Crippen LogP contribution < -0.4 is 10.5 Å². The molecule has 0 radical (unpaired) electrons. The number of nitrogens with zero attached hydrogens (tertiary/aromatic N) is 1. The van der Waals surface area contributed by atoms with Gasteiger partial charge in [0.15, 0.2) is 5.75 Å². The predicted molar refractivity (Wildman–Crippen MR) is 37.3 cm³/mol. The number of hydrogen-bond donors (Lipinski definition) is 1. The zero-order valence-corrected chi connectivity index (χ0v) is 5.16. The van der Waals surface area contributed by atoms with E-state index < -0.39 is 0 Å². The van der Waals surface area contributed by atoms with Crippen LogP contribution in [0.15, 0.2) is 18.5 Å². The fourth-order valence-corrected chi connectivity index (χ4v) is 0.561. The van der Waals surface area contributed by atoms with Crippen molar-refractivity contribution in [2.24, 2.45) is 0 Å². The van der Waals surface area contributed by atoms with Gasteiger partial charge in [0.05, 0.1) is 19.0 Å². The van der Waals surface area contributed by atoms with E-state index in [1.165, 1.54) is 0 Å². The maximum Gasteiger partial charge on any atom is 0.159 e. The minimum Gasteiger partial charge on any atom is -0.493 e. The Morgan fingerprint density at radius 1 is 1.78 bits per heavy atom. The number of nitrogens with two attached hydrogens (primary N) is 1. The van der Waals surface area contributed by atoms with E-state index in [1.54, 1.807) is 25.6 Å². The molecule has 0 fully saturated rings. The SMILES string of the molecule is COc1cnccc1N.[HH]. The first kappa shape index (κ1) is 5.88. The van der Waals surface area contributed by atoms with Crippen LogP contribution in [-0.2, 0) is 0 Å². The molecule has 0 spiro atoms. The van der Waals surface area contributed by atoms with Gasteiger partial charge in [0.2, 0.25) is 0 Å². The molecule has 1 heterocycles. The molecule has 3 heteroatoms. The molecule has 0 saturated heterocycles. The summed E-state index contributed by atoms with van der Waals surface area (Å²) in [5.74, 6) is 0.623. The lowest BCUT2D eigenvalue weighted by molar-refractivity contribution is 0.415. The van der Waals surface area contributed by atoms with Crippen LogP contribution in [-0.4, -0.2) is 12.1 Å². The van der Waals surface area contributed by atoms with Crippen molar-refractivity contribution in [1.82, 2.24) is 4.98 Å². The van der Waals surface area contributed by atoms with Gasteiger partial charge in [0.1, 0.15) is 0 Å². The van der Waals surface area contributed by atoms with Gasteiger partial charge in [-0.05, 0) is 6.07 Å².